The Kier molecular flexibility index (Phi) is 6.67. The van der Waals surface area contributed by atoms with E-state index < -0.39 is 42.3 Å². The molecule has 2 N–H and O–H groups in total. The summed E-state index contributed by atoms with van der Waals surface area (Å²) in [4.78, 5) is 35.3. The summed E-state index contributed by atoms with van der Waals surface area (Å²) < 4.78 is 17.8. The third kappa shape index (κ3) is 5.55. The van der Waals surface area contributed by atoms with Crippen molar-refractivity contribution >= 4 is 17.8 Å². The predicted octanol–water partition coefficient (Wildman–Crippen LogP) is 1.44. The van der Waals surface area contributed by atoms with Crippen molar-refractivity contribution in [3.8, 4) is 6.07 Å². The third-order valence-corrected chi connectivity index (χ3v) is 4.14. The Hall–Kier alpha value is -2.95. The molecule has 7 nitrogen and oxygen atoms in total. The minimum Gasteiger partial charge on any atom is -0.454 e. The first kappa shape index (κ1) is 19.4. The first-order chi connectivity index (χ1) is 12.4. The monoisotopic (exact) mass is 361 g/mol. The van der Waals surface area contributed by atoms with Gasteiger partial charge in [-0.15, -0.1) is 0 Å². The molecule has 0 aliphatic heterocycles. The maximum Gasteiger partial charge on any atom is 0.325 e. The number of hydrogen-bond acceptors (Lipinski definition) is 5. The lowest BCUT2D eigenvalue weighted by atomic mass is 9.83. The molecule has 0 aromatic heterocycles. The summed E-state index contributed by atoms with van der Waals surface area (Å²) >= 11 is 0. The fourth-order valence-electron chi connectivity index (χ4n) is 2.80. The van der Waals surface area contributed by atoms with E-state index in [4.69, 9.17) is 4.74 Å². The van der Waals surface area contributed by atoms with Crippen LogP contribution >= 0.6 is 0 Å². The maximum absolute atomic E-state index is 13.0. The number of nitrogens with one attached hydrogen (secondary N) is 2. The van der Waals surface area contributed by atoms with Crippen LogP contribution in [-0.2, 0) is 14.3 Å². The van der Waals surface area contributed by atoms with Crippen LogP contribution in [-0.4, -0.2) is 36.5 Å². The lowest BCUT2D eigenvalue weighted by Gasteiger charge is -2.31. The van der Waals surface area contributed by atoms with Crippen molar-refractivity contribution < 1.29 is 23.5 Å². The number of ether oxygens (including phenoxy) is 1. The average Bonchev–Trinajstić information content (AvgIpc) is 2.65. The molecule has 0 unspecified atom stereocenters. The number of rotatable bonds is 6. The van der Waals surface area contributed by atoms with E-state index in [0.29, 0.717) is 12.8 Å². The molecule has 2 rings (SSSR count). The van der Waals surface area contributed by atoms with Gasteiger partial charge in [0.15, 0.2) is 6.61 Å². The van der Waals surface area contributed by atoms with E-state index in [9.17, 15) is 24.0 Å². The second-order valence-corrected chi connectivity index (χ2v) is 6.16. The fraction of sp³-hybridized carbons (Fsp3) is 0.444. The standard InChI is InChI=1S/C18H20FN3O4/c19-14-6-4-5-13(9-14)17(25)21-10-16(24)26-11-15(23)22-18(12-20)7-2-1-3-8-18/h4-6,9H,1-3,7-8,10-11H2,(H,21,25)(H,22,23). The van der Waals surface area contributed by atoms with Gasteiger partial charge in [0.2, 0.25) is 0 Å². The van der Waals surface area contributed by atoms with E-state index in [1.165, 1.54) is 18.2 Å². The molecule has 1 aliphatic carbocycles. The Morgan fingerprint density at radius 2 is 1.96 bits per heavy atom. The fourth-order valence-corrected chi connectivity index (χ4v) is 2.80. The van der Waals surface area contributed by atoms with Crippen molar-refractivity contribution in [2.75, 3.05) is 13.2 Å². The zero-order valence-electron chi connectivity index (χ0n) is 14.2. The molecule has 138 valence electrons. The summed E-state index contributed by atoms with van der Waals surface area (Å²) in [5.74, 6) is -2.56. The maximum atomic E-state index is 13.0. The Bertz CT molecular complexity index is 723. The van der Waals surface area contributed by atoms with Crippen molar-refractivity contribution in [1.82, 2.24) is 10.6 Å². The van der Waals surface area contributed by atoms with Gasteiger partial charge in [-0.1, -0.05) is 25.3 Å². The van der Waals surface area contributed by atoms with Gasteiger partial charge < -0.3 is 15.4 Å². The molecular formula is C18H20FN3O4. The van der Waals surface area contributed by atoms with E-state index in [0.717, 1.165) is 25.3 Å². The van der Waals surface area contributed by atoms with Crippen molar-refractivity contribution in [2.24, 2.45) is 0 Å². The summed E-state index contributed by atoms with van der Waals surface area (Å²) in [5, 5.41) is 14.2. The Labute approximate surface area is 150 Å². The van der Waals surface area contributed by atoms with Crippen LogP contribution in [0.3, 0.4) is 0 Å². The van der Waals surface area contributed by atoms with Crippen LogP contribution in [0.1, 0.15) is 42.5 Å². The highest BCUT2D eigenvalue weighted by Crippen LogP contribution is 2.27. The van der Waals surface area contributed by atoms with Gasteiger partial charge in [0.1, 0.15) is 17.9 Å². The van der Waals surface area contributed by atoms with Gasteiger partial charge >= 0.3 is 5.97 Å². The van der Waals surface area contributed by atoms with Crippen LogP contribution in [0.2, 0.25) is 0 Å². The van der Waals surface area contributed by atoms with Gasteiger partial charge in [-0.25, -0.2) is 4.39 Å². The van der Waals surface area contributed by atoms with Gasteiger partial charge in [-0.2, -0.15) is 5.26 Å². The number of amides is 2. The number of nitrogens with zero attached hydrogens (tertiary/aromatic N) is 1. The van der Waals surface area contributed by atoms with Crippen LogP contribution in [0.15, 0.2) is 24.3 Å². The number of hydrogen-bond donors (Lipinski definition) is 2. The minimum absolute atomic E-state index is 0.0730. The molecule has 0 atom stereocenters. The largest absolute Gasteiger partial charge is 0.454 e. The second-order valence-electron chi connectivity index (χ2n) is 6.16. The molecule has 1 fully saturated rings. The molecule has 1 aromatic rings. The van der Waals surface area contributed by atoms with Crippen LogP contribution in [0, 0.1) is 17.1 Å². The van der Waals surface area contributed by atoms with Crippen molar-refractivity contribution in [3.63, 3.8) is 0 Å². The Balaban J connectivity index is 1.73. The van der Waals surface area contributed by atoms with Gasteiger partial charge in [0, 0.05) is 5.56 Å². The highest BCUT2D eigenvalue weighted by molar-refractivity contribution is 5.96. The SMILES string of the molecule is N#CC1(NC(=O)COC(=O)CNC(=O)c2cccc(F)c2)CCCCC1. The van der Waals surface area contributed by atoms with E-state index in [1.807, 2.05) is 0 Å². The Morgan fingerprint density at radius 3 is 2.62 bits per heavy atom. The lowest BCUT2D eigenvalue weighted by Crippen LogP contribution is -2.50. The quantitative estimate of drug-likeness (QED) is 0.746. The number of benzene rings is 1. The third-order valence-electron chi connectivity index (χ3n) is 4.14. The van der Waals surface area contributed by atoms with Gasteiger partial charge in [0.25, 0.3) is 11.8 Å². The van der Waals surface area contributed by atoms with Gasteiger partial charge in [0.05, 0.1) is 6.07 Å². The van der Waals surface area contributed by atoms with Gasteiger partial charge in [-0.3, -0.25) is 14.4 Å². The number of halogens is 1. The molecule has 0 heterocycles. The average molecular weight is 361 g/mol. The zero-order chi connectivity index (χ0) is 19.0. The zero-order valence-corrected chi connectivity index (χ0v) is 14.2. The topological polar surface area (TPSA) is 108 Å². The van der Waals surface area contributed by atoms with Crippen molar-refractivity contribution in [2.45, 2.75) is 37.6 Å². The molecule has 1 aliphatic rings. The van der Waals surface area contributed by atoms with Crippen molar-refractivity contribution in [3.05, 3.63) is 35.6 Å². The van der Waals surface area contributed by atoms with Crippen LogP contribution in [0.5, 0.6) is 0 Å². The molecular weight excluding hydrogens is 341 g/mol. The molecule has 0 radical (unpaired) electrons. The van der Waals surface area contributed by atoms with E-state index >= 15 is 0 Å². The summed E-state index contributed by atoms with van der Waals surface area (Å²) in [5.41, 5.74) is -0.823. The van der Waals surface area contributed by atoms with Crippen LogP contribution < -0.4 is 10.6 Å². The normalized spacial score (nSPS) is 15.4. The minimum atomic E-state index is -0.895. The molecule has 8 heteroatoms. The first-order valence-corrected chi connectivity index (χ1v) is 8.36. The van der Waals surface area contributed by atoms with Crippen molar-refractivity contribution in [1.29, 1.82) is 5.26 Å². The lowest BCUT2D eigenvalue weighted by molar-refractivity contribution is -0.148. The number of carbonyl (C=O) groups excluding carboxylic acids is 3. The van der Waals surface area contributed by atoms with E-state index in [2.05, 4.69) is 16.7 Å². The molecule has 0 bridgehead atoms. The molecule has 1 aromatic carbocycles. The van der Waals surface area contributed by atoms with Crippen LogP contribution in [0.4, 0.5) is 4.39 Å². The first-order valence-electron chi connectivity index (χ1n) is 8.36. The van der Waals surface area contributed by atoms with Crippen LogP contribution in [0.25, 0.3) is 0 Å². The number of esters is 1. The summed E-state index contributed by atoms with van der Waals surface area (Å²) in [6.45, 7) is -0.982. The summed E-state index contributed by atoms with van der Waals surface area (Å²) in [6.07, 6.45) is 3.90. The van der Waals surface area contributed by atoms with Gasteiger partial charge in [-0.05, 0) is 31.0 Å². The Morgan fingerprint density at radius 1 is 1.23 bits per heavy atom. The number of carbonyl (C=O) groups is 3. The molecule has 0 spiro atoms. The molecule has 26 heavy (non-hydrogen) atoms. The highest BCUT2D eigenvalue weighted by atomic mass is 19.1. The summed E-state index contributed by atoms with van der Waals surface area (Å²) in [7, 11) is 0. The second kappa shape index (κ2) is 8.94. The molecule has 0 saturated heterocycles. The van der Waals surface area contributed by atoms with E-state index in [-0.39, 0.29) is 5.56 Å². The number of nitriles is 1. The molecule has 1 saturated carbocycles. The summed E-state index contributed by atoms with van der Waals surface area (Å²) in [6, 6.07) is 7.16. The van der Waals surface area contributed by atoms with E-state index in [1.54, 1.807) is 0 Å². The highest BCUT2D eigenvalue weighted by Gasteiger charge is 2.33. The molecule has 2 amide bonds. The predicted molar refractivity (Wildman–Crippen MR) is 89.3 cm³/mol. The smallest absolute Gasteiger partial charge is 0.325 e.